The van der Waals surface area contributed by atoms with E-state index in [4.69, 9.17) is 21.4 Å². The number of hydrogen-bond acceptors (Lipinski definition) is 6. The fourth-order valence-corrected chi connectivity index (χ4v) is 2.37. The highest BCUT2D eigenvalue weighted by Gasteiger charge is 2.15. The van der Waals surface area contributed by atoms with Crippen LogP contribution in [0.4, 0.5) is 0 Å². The van der Waals surface area contributed by atoms with E-state index in [2.05, 4.69) is 21.2 Å². The highest BCUT2D eigenvalue weighted by Crippen LogP contribution is 2.29. The molecular weight excluding hydrogens is 284 g/mol. The van der Waals surface area contributed by atoms with Gasteiger partial charge in [0.25, 0.3) is 5.89 Å². The molecule has 0 aromatic carbocycles. The van der Waals surface area contributed by atoms with E-state index in [-0.39, 0.29) is 0 Å². The van der Waals surface area contributed by atoms with E-state index >= 15 is 0 Å². The van der Waals surface area contributed by atoms with Gasteiger partial charge < -0.3 is 4.52 Å². The van der Waals surface area contributed by atoms with Gasteiger partial charge in [-0.2, -0.15) is 10.2 Å². The van der Waals surface area contributed by atoms with Gasteiger partial charge in [0, 0.05) is 6.20 Å². The summed E-state index contributed by atoms with van der Waals surface area (Å²) in [5.41, 5.74) is 1.08. The van der Waals surface area contributed by atoms with Crippen LogP contribution in [0.5, 0.6) is 0 Å². The Morgan fingerprint density at radius 1 is 1.32 bits per heavy atom. The molecule has 0 saturated heterocycles. The molecule has 0 amide bonds. The minimum Gasteiger partial charge on any atom is -0.333 e. The molecule has 0 fully saturated rings. The van der Waals surface area contributed by atoms with Crippen molar-refractivity contribution in [3.63, 3.8) is 0 Å². The van der Waals surface area contributed by atoms with Gasteiger partial charge in [0.05, 0.1) is 10.6 Å². The molecule has 3 aromatic rings. The Balaban J connectivity index is 2.00. The van der Waals surface area contributed by atoms with Crippen LogP contribution < -0.4 is 0 Å². The maximum Gasteiger partial charge on any atom is 0.269 e. The molecule has 0 spiro atoms. The van der Waals surface area contributed by atoms with Crippen molar-refractivity contribution in [3.05, 3.63) is 40.4 Å². The lowest BCUT2D eigenvalue weighted by Crippen LogP contribution is -1.84. The Morgan fingerprint density at radius 3 is 2.95 bits per heavy atom. The molecule has 0 aliphatic carbocycles. The zero-order valence-electron chi connectivity index (χ0n) is 9.37. The Kier molecular flexibility index (Phi) is 2.99. The van der Waals surface area contributed by atoms with Crippen molar-refractivity contribution in [1.29, 1.82) is 5.26 Å². The molecule has 0 N–H and O–H groups in total. The summed E-state index contributed by atoms with van der Waals surface area (Å²) in [7, 11) is 0. The van der Waals surface area contributed by atoms with Gasteiger partial charge in [-0.15, -0.1) is 11.3 Å². The van der Waals surface area contributed by atoms with E-state index in [1.807, 2.05) is 0 Å². The van der Waals surface area contributed by atoms with Gasteiger partial charge in [0.2, 0.25) is 5.82 Å². The smallest absolute Gasteiger partial charge is 0.269 e. The first-order valence-corrected chi connectivity index (χ1v) is 6.47. The van der Waals surface area contributed by atoms with Crippen molar-refractivity contribution in [1.82, 2.24) is 15.1 Å². The average Bonchev–Trinajstić information content (AvgIpc) is 3.07. The SMILES string of the molecule is N#Cc1ccsc1-c1nc(-c2ccc(Cl)cn2)no1. The predicted octanol–water partition coefficient (Wildman–Crippen LogP) is 3.39. The molecule has 0 saturated carbocycles. The lowest BCUT2D eigenvalue weighted by atomic mass is 10.3. The van der Waals surface area contributed by atoms with Gasteiger partial charge >= 0.3 is 0 Å². The van der Waals surface area contributed by atoms with Gasteiger partial charge in [-0.1, -0.05) is 16.8 Å². The number of rotatable bonds is 2. The van der Waals surface area contributed by atoms with Crippen molar-refractivity contribution in [2.75, 3.05) is 0 Å². The van der Waals surface area contributed by atoms with Gasteiger partial charge in [-0.25, -0.2) is 0 Å². The van der Waals surface area contributed by atoms with Crippen molar-refractivity contribution in [3.8, 4) is 28.4 Å². The molecule has 19 heavy (non-hydrogen) atoms. The number of thiophene rings is 1. The van der Waals surface area contributed by atoms with Crippen molar-refractivity contribution < 1.29 is 4.52 Å². The molecule has 0 unspecified atom stereocenters. The number of nitrogens with zero attached hydrogens (tertiary/aromatic N) is 4. The van der Waals surface area contributed by atoms with E-state index < -0.39 is 0 Å². The van der Waals surface area contributed by atoms with Crippen LogP contribution in [0.15, 0.2) is 34.3 Å². The minimum absolute atomic E-state index is 0.318. The van der Waals surface area contributed by atoms with E-state index in [9.17, 15) is 0 Å². The molecular formula is C12H5ClN4OS. The molecule has 3 rings (SSSR count). The standard InChI is InChI=1S/C12H5ClN4OS/c13-8-1-2-9(15-6-8)11-16-12(18-17-11)10-7(5-14)3-4-19-10/h1-4,6H. The third kappa shape index (κ3) is 2.21. The summed E-state index contributed by atoms with van der Waals surface area (Å²) in [6.45, 7) is 0. The van der Waals surface area contributed by atoms with Crippen LogP contribution in [0.1, 0.15) is 5.56 Å². The molecule has 0 radical (unpaired) electrons. The molecule has 0 aliphatic rings. The summed E-state index contributed by atoms with van der Waals surface area (Å²) < 4.78 is 5.16. The highest BCUT2D eigenvalue weighted by atomic mass is 35.5. The van der Waals surface area contributed by atoms with Crippen LogP contribution in [-0.4, -0.2) is 15.1 Å². The van der Waals surface area contributed by atoms with E-state index in [1.54, 1.807) is 23.6 Å². The summed E-state index contributed by atoms with van der Waals surface area (Å²) in [5.74, 6) is 0.683. The van der Waals surface area contributed by atoms with Crippen LogP contribution in [-0.2, 0) is 0 Å². The molecule has 7 heteroatoms. The summed E-state index contributed by atoms with van der Waals surface area (Å²) in [5, 5.41) is 15.2. The third-order valence-electron chi connectivity index (χ3n) is 2.36. The van der Waals surface area contributed by atoms with Crippen molar-refractivity contribution in [2.24, 2.45) is 0 Å². The second-order valence-electron chi connectivity index (χ2n) is 3.56. The van der Waals surface area contributed by atoms with Gasteiger partial charge in [-0.3, -0.25) is 4.98 Å². The molecule has 92 valence electrons. The number of pyridine rings is 1. The summed E-state index contributed by atoms with van der Waals surface area (Å²) >= 11 is 7.14. The largest absolute Gasteiger partial charge is 0.333 e. The maximum atomic E-state index is 8.96. The Morgan fingerprint density at radius 2 is 2.21 bits per heavy atom. The quantitative estimate of drug-likeness (QED) is 0.722. The molecule has 3 aromatic heterocycles. The highest BCUT2D eigenvalue weighted by molar-refractivity contribution is 7.13. The Labute approximate surface area is 117 Å². The van der Waals surface area contributed by atoms with Gasteiger partial charge in [0.15, 0.2) is 0 Å². The fraction of sp³-hybridized carbons (Fsp3) is 0. The van der Waals surface area contributed by atoms with Crippen LogP contribution in [0.2, 0.25) is 5.02 Å². The summed E-state index contributed by atoms with van der Waals surface area (Å²) in [6.07, 6.45) is 1.51. The maximum absolute atomic E-state index is 8.96. The lowest BCUT2D eigenvalue weighted by molar-refractivity contribution is 0.433. The normalized spacial score (nSPS) is 10.3. The third-order valence-corrected chi connectivity index (χ3v) is 3.49. The van der Waals surface area contributed by atoms with E-state index in [0.29, 0.717) is 32.9 Å². The zero-order valence-corrected chi connectivity index (χ0v) is 10.9. The number of hydrogen-bond donors (Lipinski definition) is 0. The molecule has 0 bridgehead atoms. The monoisotopic (exact) mass is 288 g/mol. The topological polar surface area (TPSA) is 75.6 Å². The predicted molar refractivity (Wildman–Crippen MR) is 70.6 cm³/mol. The molecule has 0 atom stereocenters. The van der Waals surface area contributed by atoms with Gasteiger partial charge in [-0.05, 0) is 23.6 Å². The second-order valence-corrected chi connectivity index (χ2v) is 4.91. The lowest BCUT2D eigenvalue weighted by Gasteiger charge is -1.92. The first-order chi connectivity index (χ1) is 9.28. The van der Waals surface area contributed by atoms with E-state index in [1.165, 1.54) is 17.5 Å². The van der Waals surface area contributed by atoms with Crippen LogP contribution >= 0.6 is 22.9 Å². The molecule has 0 aliphatic heterocycles. The summed E-state index contributed by atoms with van der Waals surface area (Å²) in [4.78, 5) is 9.01. The van der Waals surface area contributed by atoms with Crippen LogP contribution in [0.25, 0.3) is 22.3 Å². The summed E-state index contributed by atoms with van der Waals surface area (Å²) in [6, 6.07) is 7.20. The Hall–Kier alpha value is -2.23. The van der Waals surface area contributed by atoms with Crippen molar-refractivity contribution >= 4 is 22.9 Å². The first-order valence-electron chi connectivity index (χ1n) is 5.21. The number of halogens is 1. The zero-order chi connectivity index (χ0) is 13.2. The molecule has 5 nitrogen and oxygen atoms in total. The minimum atomic E-state index is 0.318. The molecule has 3 heterocycles. The number of aromatic nitrogens is 3. The van der Waals surface area contributed by atoms with Crippen molar-refractivity contribution in [2.45, 2.75) is 0 Å². The van der Waals surface area contributed by atoms with E-state index in [0.717, 1.165) is 0 Å². The Bertz CT molecular complexity index is 757. The first kappa shape index (κ1) is 11.8. The fourth-order valence-electron chi connectivity index (χ4n) is 1.49. The van der Waals surface area contributed by atoms with Crippen LogP contribution in [0.3, 0.4) is 0 Å². The second kappa shape index (κ2) is 4.80. The number of nitriles is 1. The average molecular weight is 289 g/mol. The van der Waals surface area contributed by atoms with Crippen LogP contribution in [0, 0.1) is 11.3 Å². The van der Waals surface area contributed by atoms with Gasteiger partial charge in [0.1, 0.15) is 16.6 Å².